The molecule has 2 aliphatic heterocycles. The van der Waals surface area contributed by atoms with E-state index in [4.69, 9.17) is 9.57 Å². The number of para-hydroxylation sites is 1. The molecule has 30 heavy (non-hydrogen) atoms. The number of alkyl carbamates (subject to hydrolysis) is 1. The van der Waals surface area contributed by atoms with Crippen LogP contribution in [0.2, 0.25) is 0 Å². The Labute approximate surface area is 176 Å². The molecular weight excluding hydrogens is 378 g/mol. The maximum absolute atomic E-state index is 12.6. The van der Waals surface area contributed by atoms with Gasteiger partial charge in [0.25, 0.3) is 0 Å². The average Bonchev–Trinajstić information content (AvgIpc) is 2.93. The highest BCUT2D eigenvalue weighted by Crippen LogP contribution is 2.40. The monoisotopic (exact) mass is 405 g/mol. The number of hydrogen-bond donors (Lipinski definition) is 1. The van der Waals surface area contributed by atoms with Crippen LogP contribution in [0.5, 0.6) is 0 Å². The van der Waals surface area contributed by atoms with E-state index < -0.39 is 0 Å². The Balaban J connectivity index is 1.41. The molecule has 5 rings (SSSR count). The molecule has 6 heteroatoms. The number of aryl methyl sites for hydroxylation is 1. The zero-order valence-corrected chi connectivity index (χ0v) is 17.2. The van der Waals surface area contributed by atoms with E-state index in [0.717, 1.165) is 31.4 Å². The first-order valence-electron chi connectivity index (χ1n) is 10.7. The Kier molecular flexibility index (Phi) is 5.19. The lowest BCUT2D eigenvalue weighted by atomic mass is 9.92. The molecule has 3 aromatic rings. The van der Waals surface area contributed by atoms with Crippen molar-refractivity contribution in [3.8, 4) is 0 Å². The van der Waals surface area contributed by atoms with Gasteiger partial charge in [0, 0.05) is 30.2 Å². The summed E-state index contributed by atoms with van der Waals surface area (Å²) in [5, 5.41) is 6.51. The first kappa shape index (κ1) is 19.2. The van der Waals surface area contributed by atoms with Crippen LogP contribution in [0.4, 0.5) is 4.79 Å². The summed E-state index contributed by atoms with van der Waals surface area (Å²) in [6, 6.07) is 18.2. The molecule has 0 aliphatic carbocycles. The Morgan fingerprint density at radius 3 is 2.83 bits per heavy atom. The van der Waals surface area contributed by atoms with Gasteiger partial charge in [0.05, 0.1) is 18.7 Å². The van der Waals surface area contributed by atoms with E-state index in [-0.39, 0.29) is 24.8 Å². The Morgan fingerprint density at radius 2 is 1.97 bits per heavy atom. The smallest absolute Gasteiger partial charge is 0.407 e. The first-order chi connectivity index (χ1) is 14.7. The van der Waals surface area contributed by atoms with Crippen molar-refractivity contribution in [3.05, 3.63) is 71.4 Å². The quantitative estimate of drug-likeness (QED) is 0.713. The molecule has 6 nitrogen and oxygen atoms in total. The van der Waals surface area contributed by atoms with E-state index in [1.165, 1.54) is 22.2 Å². The van der Waals surface area contributed by atoms with E-state index >= 15 is 0 Å². The zero-order chi connectivity index (χ0) is 20.5. The van der Waals surface area contributed by atoms with Gasteiger partial charge >= 0.3 is 6.09 Å². The van der Waals surface area contributed by atoms with Gasteiger partial charge in [-0.3, -0.25) is 4.84 Å². The predicted molar refractivity (Wildman–Crippen MR) is 115 cm³/mol. The van der Waals surface area contributed by atoms with Crippen LogP contribution in [0.15, 0.2) is 54.6 Å². The van der Waals surface area contributed by atoms with Crippen molar-refractivity contribution in [2.45, 2.75) is 38.0 Å². The number of hydrogen-bond acceptors (Lipinski definition) is 4. The van der Waals surface area contributed by atoms with Gasteiger partial charge in [0.1, 0.15) is 6.61 Å². The van der Waals surface area contributed by atoms with E-state index in [0.29, 0.717) is 6.61 Å². The van der Waals surface area contributed by atoms with Crippen molar-refractivity contribution < 1.29 is 14.4 Å². The van der Waals surface area contributed by atoms with E-state index in [1.807, 2.05) is 30.3 Å². The summed E-state index contributed by atoms with van der Waals surface area (Å²) in [6.07, 6.45) is 2.31. The summed E-state index contributed by atoms with van der Waals surface area (Å²) in [4.78, 5) is 18.7. The third kappa shape index (κ3) is 3.46. The fourth-order valence-corrected chi connectivity index (χ4v) is 4.87. The highest BCUT2D eigenvalue weighted by atomic mass is 16.7. The number of nitrogens with one attached hydrogen (secondary N) is 1. The minimum absolute atomic E-state index is 0.0297. The second kappa shape index (κ2) is 8.13. The fraction of sp³-hybridized carbons (Fsp3) is 0.375. The number of ether oxygens (including phenoxy) is 1. The van der Waals surface area contributed by atoms with Crippen LogP contribution in [0.1, 0.15) is 35.7 Å². The van der Waals surface area contributed by atoms with Gasteiger partial charge in [-0.05, 0) is 36.5 Å². The average molecular weight is 405 g/mol. The van der Waals surface area contributed by atoms with Crippen molar-refractivity contribution in [3.63, 3.8) is 0 Å². The fourth-order valence-electron chi connectivity index (χ4n) is 4.87. The van der Waals surface area contributed by atoms with Crippen LogP contribution in [0, 0.1) is 0 Å². The lowest BCUT2D eigenvalue weighted by Crippen LogP contribution is -2.48. The molecule has 1 aromatic heterocycles. The van der Waals surface area contributed by atoms with Crippen LogP contribution in [0.3, 0.4) is 0 Å². The number of nitrogens with zero attached hydrogens (tertiary/aromatic N) is 2. The van der Waals surface area contributed by atoms with Gasteiger partial charge in [-0.1, -0.05) is 48.5 Å². The number of carbonyl (C=O) groups is 1. The molecule has 3 heterocycles. The van der Waals surface area contributed by atoms with Gasteiger partial charge in [0.15, 0.2) is 0 Å². The number of fused-ring (bicyclic) bond motifs is 5. The van der Waals surface area contributed by atoms with Crippen LogP contribution in [-0.4, -0.2) is 34.9 Å². The normalized spacial score (nSPS) is 21.5. The van der Waals surface area contributed by atoms with E-state index in [1.54, 1.807) is 0 Å². The number of aromatic nitrogens is 1. The van der Waals surface area contributed by atoms with Crippen molar-refractivity contribution >= 4 is 17.0 Å². The van der Waals surface area contributed by atoms with Crippen LogP contribution in [-0.2, 0) is 29.6 Å². The number of benzene rings is 2. The van der Waals surface area contributed by atoms with Crippen LogP contribution >= 0.6 is 0 Å². The summed E-state index contributed by atoms with van der Waals surface area (Å²) >= 11 is 0. The van der Waals surface area contributed by atoms with Gasteiger partial charge in [-0.25, -0.2) is 4.79 Å². The highest BCUT2D eigenvalue weighted by Gasteiger charge is 2.40. The van der Waals surface area contributed by atoms with Crippen molar-refractivity contribution in [2.75, 3.05) is 13.2 Å². The molecule has 1 N–H and O–H groups in total. The maximum atomic E-state index is 12.6. The number of amides is 1. The molecule has 0 radical (unpaired) electrons. The van der Waals surface area contributed by atoms with Crippen molar-refractivity contribution in [2.24, 2.45) is 7.05 Å². The Hall–Kier alpha value is -2.83. The lowest BCUT2D eigenvalue weighted by molar-refractivity contribution is -0.188. The molecule has 1 fully saturated rings. The van der Waals surface area contributed by atoms with Crippen LogP contribution < -0.4 is 5.32 Å². The third-order valence-corrected chi connectivity index (χ3v) is 6.25. The topological polar surface area (TPSA) is 55.7 Å². The first-order valence-corrected chi connectivity index (χ1v) is 10.7. The Bertz CT molecular complexity index is 1050. The molecule has 0 bridgehead atoms. The summed E-state index contributed by atoms with van der Waals surface area (Å²) in [7, 11) is 2.11. The molecule has 1 saturated heterocycles. The zero-order valence-electron chi connectivity index (χ0n) is 17.2. The third-order valence-electron chi connectivity index (χ3n) is 6.25. The largest absolute Gasteiger partial charge is 0.445 e. The molecule has 0 unspecified atom stereocenters. The predicted octanol–water partition coefficient (Wildman–Crippen LogP) is 4.10. The molecule has 0 spiro atoms. The number of hydroxylamine groups is 2. The second-order valence-electron chi connectivity index (χ2n) is 8.06. The minimum Gasteiger partial charge on any atom is -0.445 e. The van der Waals surface area contributed by atoms with Gasteiger partial charge < -0.3 is 14.6 Å². The molecule has 1 amide bonds. The molecule has 0 saturated carbocycles. The number of rotatable bonds is 3. The maximum Gasteiger partial charge on any atom is 0.407 e. The summed E-state index contributed by atoms with van der Waals surface area (Å²) in [5.74, 6) is 0. The standard InChI is InChI=1S/C24H27N3O3/c1-26-21-12-6-5-10-18(21)19-13-14-27-23(22(19)26)20(11-7-15-30-27)25-24(28)29-16-17-8-3-2-4-9-17/h2-6,8-10,12,20,23H,7,11,13-16H2,1H3,(H,25,28)/t20-,23+/m1/s1. The highest BCUT2D eigenvalue weighted by molar-refractivity contribution is 5.86. The van der Waals surface area contributed by atoms with E-state index in [9.17, 15) is 4.79 Å². The van der Waals surface area contributed by atoms with Crippen LogP contribution in [0.25, 0.3) is 10.9 Å². The summed E-state index contributed by atoms with van der Waals surface area (Å²) in [5.41, 5.74) is 4.80. The van der Waals surface area contributed by atoms with Gasteiger partial charge in [-0.2, -0.15) is 5.06 Å². The van der Waals surface area contributed by atoms with Gasteiger partial charge in [-0.15, -0.1) is 0 Å². The summed E-state index contributed by atoms with van der Waals surface area (Å²) < 4.78 is 7.78. The Morgan fingerprint density at radius 1 is 1.17 bits per heavy atom. The lowest BCUT2D eigenvalue weighted by Gasteiger charge is -2.38. The molecule has 156 valence electrons. The summed E-state index contributed by atoms with van der Waals surface area (Å²) in [6.45, 7) is 1.76. The minimum atomic E-state index is -0.378. The van der Waals surface area contributed by atoms with Crippen molar-refractivity contribution in [1.29, 1.82) is 0 Å². The molecule has 2 aliphatic rings. The molecular formula is C24H27N3O3. The van der Waals surface area contributed by atoms with E-state index in [2.05, 4.69) is 46.3 Å². The molecule has 2 atom stereocenters. The van der Waals surface area contributed by atoms with Crippen molar-refractivity contribution in [1.82, 2.24) is 14.9 Å². The second-order valence-corrected chi connectivity index (χ2v) is 8.06. The van der Waals surface area contributed by atoms with Gasteiger partial charge in [0.2, 0.25) is 0 Å². The number of carbonyl (C=O) groups excluding carboxylic acids is 1. The molecule has 2 aromatic carbocycles. The SMILES string of the molecule is Cn1c2c(c3ccccc31)CCN1OCCC[C@@H](NC(=O)OCc3ccccc3)[C@@H]21.